The molecule has 0 atom stereocenters. The second kappa shape index (κ2) is 5.40. The number of aromatic nitrogens is 3. The summed E-state index contributed by atoms with van der Waals surface area (Å²) >= 11 is 0. The summed E-state index contributed by atoms with van der Waals surface area (Å²) in [6.07, 6.45) is 0.638. The van der Waals surface area contributed by atoms with Crippen LogP contribution in [0.2, 0.25) is 0 Å². The zero-order valence-electron chi connectivity index (χ0n) is 11.4. The third-order valence-corrected chi connectivity index (χ3v) is 5.88. The molecule has 1 aromatic heterocycles. The van der Waals surface area contributed by atoms with Gasteiger partial charge < -0.3 is 9.47 Å². The van der Waals surface area contributed by atoms with E-state index in [0.717, 1.165) is 11.4 Å². The Labute approximate surface area is 117 Å². The predicted molar refractivity (Wildman–Crippen MR) is 69.5 cm³/mol. The third kappa shape index (κ3) is 2.34. The Kier molecular flexibility index (Phi) is 3.76. The summed E-state index contributed by atoms with van der Waals surface area (Å²) in [4.78, 5) is 0. The van der Waals surface area contributed by atoms with Gasteiger partial charge in [-0.05, 0) is 0 Å². The summed E-state index contributed by atoms with van der Waals surface area (Å²) in [5.74, 6) is 0. The minimum Gasteiger partial charge on any atom is -0.383 e. The Bertz CT molecular complexity index is 581. The fourth-order valence-electron chi connectivity index (χ4n) is 2.41. The van der Waals surface area contributed by atoms with Crippen LogP contribution in [0.5, 0.6) is 0 Å². The van der Waals surface area contributed by atoms with E-state index in [4.69, 9.17) is 9.47 Å². The monoisotopic (exact) mass is 302 g/mol. The van der Waals surface area contributed by atoms with E-state index >= 15 is 0 Å². The van der Waals surface area contributed by atoms with Crippen molar-refractivity contribution in [1.29, 1.82) is 0 Å². The second-order valence-corrected chi connectivity index (χ2v) is 7.20. The quantitative estimate of drug-likeness (QED) is 0.694. The molecule has 2 aliphatic heterocycles. The van der Waals surface area contributed by atoms with Crippen LogP contribution in [-0.2, 0) is 39.0 Å². The van der Waals surface area contributed by atoms with Gasteiger partial charge in [-0.15, -0.1) is 5.10 Å². The zero-order valence-corrected chi connectivity index (χ0v) is 12.2. The van der Waals surface area contributed by atoms with Crippen molar-refractivity contribution in [2.45, 2.75) is 24.8 Å². The molecule has 0 radical (unpaired) electrons. The highest BCUT2D eigenvalue weighted by Gasteiger charge is 2.39. The Balaban J connectivity index is 1.74. The van der Waals surface area contributed by atoms with Crippen LogP contribution in [0.3, 0.4) is 0 Å². The summed E-state index contributed by atoms with van der Waals surface area (Å²) in [5, 5.41) is 7.77. The van der Waals surface area contributed by atoms with Gasteiger partial charge in [-0.1, -0.05) is 5.21 Å². The largest absolute Gasteiger partial charge is 0.383 e. The van der Waals surface area contributed by atoms with E-state index in [1.54, 1.807) is 11.8 Å². The molecule has 0 aliphatic carbocycles. The highest BCUT2D eigenvalue weighted by atomic mass is 32.2. The summed E-state index contributed by atoms with van der Waals surface area (Å²) < 4.78 is 38.0. The summed E-state index contributed by atoms with van der Waals surface area (Å²) in [6, 6.07) is 0. The molecule has 1 aromatic rings. The number of hydrogen-bond acceptors (Lipinski definition) is 6. The molecule has 1 fully saturated rings. The Hall–Kier alpha value is -1.03. The van der Waals surface area contributed by atoms with Crippen LogP contribution in [0.4, 0.5) is 0 Å². The lowest BCUT2D eigenvalue weighted by atomic mass is 10.2. The lowest BCUT2D eigenvalue weighted by molar-refractivity contribution is 0.0389. The molecule has 0 aromatic carbocycles. The van der Waals surface area contributed by atoms with Crippen molar-refractivity contribution < 1.29 is 17.9 Å². The van der Waals surface area contributed by atoms with Crippen LogP contribution in [0.15, 0.2) is 0 Å². The van der Waals surface area contributed by atoms with Gasteiger partial charge in [0.15, 0.2) is 0 Å². The van der Waals surface area contributed by atoms with E-state index in [1.165, 1.54) is 4.31 Å². The number of ether oxygens (including phenoxy) is 2. The summed E-state index contributed by atoms with van der Waals surface area (Å²) in [6.45, 7) is 2.59. The van der Waals surface area contributed by atoms with Crippen LogP contribution in [0.25, 0.3) is 0 Å². The van der Waals surface area contributed by atoms with Gasteiger partial charge in [0.05, 0.1) is 38.6 Å². The fraction of sp³-hybridized carbons (Fsp3) is 0.818. The molecule has 9 heteroatoms. The van der Waals surface area contributed by atoms with Crippen molar-refractivity contribution in [2.75, 3.05) is 33.5 Å². The topological polar surface area (TPSA) is 86.5 Å². The molecule has 20 heavy (non-hydrogen) atoms. The van der Waals surface area contributed by atoms with E-state index in [0.29, 0.717) is 45.9 Å². The Morgan fingerprint density at radius 2 is 2.25 bits per heavy atom. The van der Waals surface area contributed by atoms with E-state index < -0.39 is 15.3 Å². The van der Waals surface area contributed by atoms with Crippen molar-refractivity contribution >= 4 is 10.0 Å². The first-order valence-electron chi connectivity index (χ1n) is 6.60. The highest BCUT2D eigenvalue weighted by Crippen LogP contribution is 2.24. The first kappa shape index (κ1) is 13.9. The maximum atomic E-state index is 12.3. The predicted octanol–water partition coefficient (Wildman–Crippen LogP) is -0.989. The van der Waals surface area contributed by atoms with Gasteiger partial charge in [0.2, 0.25) is 10.0 Å². The summed E-state index contributed by atoms with van der Waals surface area (Å²) in [5.41, 5.74) is 1.76. The first-order chi connectivity index (χ1) is 9.63. The van der Waals surface area contributed by atoms with Gasteiger partial charge in [0.1, 0.15) is 10.9 Å². The maximum Gasteiger partial charge on any atom is 0.221 e. The first-order valence-corrected chi connectivity index (χ1v) is 8.10. The lowest BCUT2D eigenvalue weighted by Crippen LogP contribution is -2.50. The molecule has 0 unspecified atom stereocenters. The van der Waals surface area contributed by atoms with Crippen LogP contribution in [0.1, 0.15) is 11.4 Å². The maximum absolute atomic E-state index is 12.3. The van der Waals surface area contributed by atoms with Crippen LogP contribution in [-0.4, -0.2) is 66.4 Å². The van der Waals surface area contributed by atoms with Gasteiger partial charge in [0.25, 0.3) is 0 Å². The van der Waals surface area contributed by atoms with Gasteiger partial charge in [-0.25, -0.2) is 13.1 Å². The van der Waals surface area contributed by atoms with Gasteiger partial charge in [-0.3, -0.25) is 0 Å². The SMILES string of the molecule is COCCn1nnc2c1CCN(S(=O)(=O)C1COC1)C2. The van der Waals surface area contributed by atoms with E-state index in [-0.39, 0.29) is 0 Å². The minimum atomic E-state index is -3.27. The molecule has 0 bridgehead atoms. The lowest BCUT2D eigenvalue weighted by Gasteiger charge is -2.33. The van der Waals surface area contributed by atoms with E-state index in [1.807, 2.05) is 0 Å². The zero-order chi connectivity index (χ0) is 14.2. The van der Waals surface area contributed by atoms with Gasteiger partial charge >= 0.3 is 0 Å². The van der Waals surface area contributed by atoms with Gasteiger partial charge in [0, 0.05) is 20.1 Å². The smallest absolute Gasteiger partial charge is 0.221 e. The average Bonchev–Trinajstić information content (AvgIpc) is 2.76. The van der Waals surface area contributed by atoms with Crippen molar-refractivity contribution in [2.24, 2.45) is 0 Å². The average molecular weight is 302 g/mol. The molecule has 112 valence electrons. The minimum absolute atomic E-state index is 0.298. The normalized spacial score (nSPS) is 20.6. The van der Waals surface area contributed by atoms with Crippen molar-refractivity contribution in [3.05, 3.63) is 11.4 Å². The number of methoxy groups -OCH3 is 1. The molecule has 2 aliphatic rings. The van der Waals surface area contributed by atoms with E-state index in [9.17, 15) is 8.42 Å². The molecule has 0 N–H and O–H groups in total. The standard InChI is InChI=1S/C11H18N4O4S/c1-18-5-4-15-11-2-3-14(6-10(11)12-13-15)20(16,17)9-7-19-8-9/h9H,2-8H2,1H3. The molecule has 8 nitrogen and oxygen atoms in total. The van der Waals surface area contributed by atoms with Crippen LogP contribution < -0.4 is 0 Å². The van der Waals surface area contributed by atoms with E-state index in [2.05, 4.69) is 10.3 Å². The van der Waals surface area contributed by atoms with Crippen molar-refractivity contribution in [1.82, 2.24) is 19.3 Å². The molecule has 1 saturated heterocycles. The Morgan fingerprint density at radius 3 is 2.90 bits per heavy atom. The Morgan fingerprint density at radius 1 is 1.45 bits per heavy atom. The van der Waals surface area contributed by atoms with Crippen LogP contribution in [0, 0.1) is 0 Å². The number of sulfonamides is 1. The molecular formula is C11H18N4O4S. The number of hydrogen-bond donors (Lipinski definition) is 0. The molecular weight excluding hydrogens is 284 g/mol. The molecule has 3 rings (SSSR count). The summed E-state index contributed by atoms with van der Waals surface area (Å²) in [7, 11) is -1.63. The number of fused-ring (bicyclic) bond motifs is 1. The molecule has 0 amide bonds. The van der Waals surface area contributed by atoms with Crippen molar-refractivity contribution in [3.63, 3.8) is 0 Å². The molecule has 0 saturated carbocycles. The van der Waals surface area contributed by atoms with Gasteiger partial charge in [-0.2, -0.15) is 4.31 Å². The number of rotatable bonds is 5. The fourth-order valence-corrected chi connectivity index (χ4v) is 4.02. The van der Waals surface area contributed by atoms with Crippen LogP contribution >= 0.6 is 0 Å². The van der Waals surface area contributed by atoms with Crippen molar-refractivity contribution in [3.8, 4) is 0 Å². The highest BCUT2D eigenvalue weighted by molar-refractivity contribution is 7.89. The third-order valence-electron chi connectivity index (χ3n) is 3.74. The molecule has 3 heterocycles. The second-order valence-electron chi connectivity index (χ2n) is 4.99. The number of nitrogens with zero attached hydrogens (tertiary/aromatic N) is 4. The molecule has 0 spiro atoms.